The van der Waals surface area contributed by atoms with Gasteiger partial charge in [0.25, 0.3) is 0 Å². The highest BCUT2D eigenvalue weighted by Crippen LogP contribution is 2.47. The SMILES string of the molecule is COC(C)(c1cccc(C(C)(CO)C(F)(F)F)c1C)C(F)(F)F. The quantitative estimate of drug-likeness (QED) is 0.829. The Labute approximate surface area is 130 Å². The van der Waals surface area contributed by atoms with E-state index in [4.69, 9.17) is 0 Å². The maximum absolute atomic E-state index is 13.3. The average Bonchev–Trinajstić information content (AvgIpc) is 2.43. The van der Waals surface area contributed by atoms with Crippen LogP contribution < -0.4 is 0 Å². The number of aliphatic hydroxyl groups is 1. The second-order valence-corrected chi connectivity index (χ2v) is 5.70. The molecule has 2 atom stereocenters. The van der Waals surface area contributed by atoms with Gasteiger partial charge in [-0.15, -0.1) is 0 Å². The molecule has 0 bridgehead atoms. The molecule has 1 aromatic rings. The zero-order valence-electron chi connectivity index (χ0n) is 13.1. The van der Waals surface area contributed by atoms with E-state index in [0.717, 1.165) is 46.1 Å². The number of ether oxygens (including phenoxy) is 1. The van der Waals surface area contributed by atoms with Crippen LogP contribution in [0.2, 0.25) is 0 Å². The van der Waals surface area contributed by atoms with Gasteiger partial charge in [-0.2, -0.15) is 26.3 Å². The van der Waals surface area contributed by atoms with Crippen LogP contribution in [0, 0.1) is 6.92 Å². The van der Waals surface area contributed by atoms with Crippen molar-refractivity contribution in [2.75, 3.05) is 13.7 Å². The summed E-state index contributed by atoms with van der Waals surface area (Å²) in [4.78, 5) is 0. The molecule has 0 heterocycles. The largest absolute Gasteiger partial charge is 0.421 e. The Morgan fingerprint density at radius 1 is 0.957 bits per heavy atom. The van der Waals surface area contributed by atoms with Gasteiger partial charge in [0.05, 0.1) is 6.61 Å². The van der Waals surface area contributed by atoms with Gasteiger partial charge < -0.3 is 9.84 Å². The summed E-state index contributed by atoms with van der Waals surface area (Å²) in [7, 11) is 0.842. The van der Waals surface area contributed by atoms with Gasteiger partial charge in [-0.1, -0.05) is 18.2 Å². The van der Waals surface area contributed by atoms with Gasteiger partial charge >= 0.3 is 12.4 Å². The first-order valence-electron chi connectivity index (χ1n) is 6.66. The molecule has 0 saturated heterocycles. The van der Waals surface area contributed by atoms with Gasteiger partial charge in [0.15, 0.2) is 5.60 Å². The van der Waals surface area contributed by atoms with Gasteiger partial charge in [0, 0.05) is 7.11 Å². The van der Waals surface area contributed by atoms with Gasteiger partial charge in [0.1, 0.15) is 5.41 Å². The number of methoxy groups -OCH3 is 1. The second kappa shape index (κ2) is 5.98. The monoisotopic (exact) mass is 344 g/mol. The zero-order chi connectivity index (χ0) is 18.3. The predicted molar refractivity (Wildman–Crippen MR) is 72.1 cm³/mol. The Morgan fingerprint density at radius 2 is 1.43 bits per heavy atom. The maximum Gasteiger partial charge on any atom is 0.421 e. The van der Waals surface area contributed by atoms with Crippen molar-refractivity contribution in [2.45, 2.75) is 44.1 Å². The van der Waals surface area contributed by atoms with Gasteiger partial charge in [0.2, 0.25) is 0 Å². The standard InChI is InChI=1S/C15H18F6O2/c1-9-10(12(2,8-22)14(16,17)18)6-5-7-11(9)13(3,23-4)15(19,20)21/h5-7,22H,8H2,1-4H3. The topological polar surface area (TPSA) is 29.5 Å². The molecule has 0 aliphatic heterocycles. The summed E-state index contributed by atoms with van der Waals surface area (Å²) in [5.74, 6) is 0. The molecule has 1 aromatic carbocycles. The number of aliphatic hydroxyl groups excluding tert-OH is 1. The molecule has 0 aromatic heterocycles. The van der Waals surface area contributed by atoms with Crippen molar-refractivity contribution in [1.82, 2.24) is 0 Å². The summed E-state index contributed by atoms with van der Waals surface area (Å²) >= 11 is 0. The maximum atomic E-state index is 13.3. The fourth-order valence-electron chi connectivity index (χ4n) is 2.46. The van der Waals surface area contributed by atoms with Gasteiger partial charge in [-0.25, -0.2) is 0 Å². The molecule has 0 spiro atoms. The molecular formula is C15H18F6O2. The Morgan fingerprint density at radius 3 is 1.78 bits per heavy atom. The first-order valence-corrected chi connectivity index (χ1v) is 6.66. The first kappa shape index (κ1) is 19.8. The molecule has 2 unspecified atom stereocenters. The fraction of sp³-hybridized carbons (Fsp3) is 0.600. The van der Waals surface area contributed by atoms with Crippen molar-refractivity contribution in [3.05, 3.63) is 34.9 Å². The first-order chi connectivity index (χ1) is 10.3. The van der Waals surface area contributed by atoms with Crippen LogP contribution in [0.4, 0.5) is 26.3 Å². The zero-order valence-corrected chi connectivity index (χ0v) is 13.1. The van der Waals surface area contributed by atoms with E-state index < -0.39 is 41.1 Å². The third-order valence-electron chi connectivity index (χ3n) is 4.33. The van der Waals surface area contributed by atoms with Gasteiger partial charge in [-0.05, 0) is 37.5 Å². The third-order valence-corrected chi connectivity index (χ3v) is 4.33. The number of hydrogen-bond donors (Lipinski definition) is 1. The molecule has 132 valence electrons. The highest BCUT2D eigenvalue weighted by atomic mass is 19.4. The van der Waals surface area contributed by atoms with Crippen LogP contribution in [-0.4, -0.2) is 31.2 Å². The lowest BCUT2D eigenvalue weighted by Gasteiger charge is -2.36. The fourth-order valence-corrected chi connectivity index (χ4v) is 2.46. The minimum Gasteiger partial charge on any atom is -0.395 e. The minimum atomic E-state index is -4.83. The van der Waals surface area contributed by atoms with E-state index in [-0.39, 0.29) is 5.56 Å². The molecule has 1 rings (SSSR count). The lowest BCUT2D eigenvalue weighted by Crippen LogP contribution is -2.45. The Balaban J connectivity index is 3.67. The lowest BCUT2D eigenvalue weighted by atomic mass is 9.76. The van der Waals surface area contributed by atoms with E-state index in [9.17, 15) is 31.4 Å². The number of halogens is 6. The van der Waals surface area contributed by atoms with E-state index in [1.54, 1.807) is 0 Å². The molecule has 0 radical (unpaired) electrons. The molecule has 0 aliphatic rings. The average molecular weight is 344 g/mol. The molecule has 0 saturated carbocycles. The van der Waals surface area contributed by atoms with Crippen LogP contribution in [0.3, 0.4) is 0 Å². The number of hydrogen-bond acceptors (Lipinski definition) is 2. The number of rotatable bonds is 4. The number of benzene rings is 1. The van der Waals surface area contributed by atoms with Crippen molar-refractivity contribution >= 4 is 0 Å². The van der Waals surface area contributed by atoms with E-state index in [1.165, 1.54) is 0 Å². The van der Waals surface area contributed by atoms with E-state index in [1.807, 2.05) is 0 Å². The van der Waals surface area contributed by atoms with Crippen LogP contribution in [0.1, 0.15) is 30.5 Å². The van der Waals surface area contributed by atoms with Gasteiger partial charge in [-0.3, -0.25) is 0 Å². The highest BCUT2D eigenvalue weighted by molar-refractivity contribution is 5.43. The summed E-state index contributed by atoms with van der Waals surface area (Å²) < 4.78 is 84.4. The summed E-state index contributed by atoms with van der Waals surface area (Å²) in [5, 5.41) is 9.24. The molecule has 0 fully saturated rings. The van der Waals surface area contributed by atoms with E-state index >= 15 is 0 Å². The van der Waals surface area contributed by atoms with Crippen LogP contribution in [0.15, 0.2) is 18.2 Å². The predicted octanol–water partition coefficient (Wildman–Crippen LogP) is 4.23. The third kappa shape index (κ3) is 3.06. The van der Waals surface area contributed by atoms with E-state index in [0.29, 0.717) is 0 Å². The number of alkyl halides is 6. The van der Waals surface area contributed by atoms with Crippen molar-refractivity contribution in [1.29, 1.82) is 0 Å². The van der Waals surface area contributed by atoms with Crippen LogP contribution in [-0.2, 0) is 15.8 Å². The van der Waals surface area contributed by atoms with Crippen LogP contribution in [0.5, 0.6) is 0 Å². The van der Waals surface area contributed by atoms with E-state index in [2.05, 4.69) is 4.74 Å². The Kier molecular flexibility index (Phi) is 5.14. The molecule has 23 heavy (non-hydrogen) atoms. The molecule has 1 N–H and O–H groups in total. The van der Waals surface area contributed by atoms with Crippen LogP contribution >= 0.6 is 0 Å². The normalized spacial score (nSPS) is 18.4. The Bertz CT molecular complexity index is 520. The van der Waals surface area contributed by atoms with Crippen molar-refractivity contribution < 1.29 is 36.2 Å². The molecule has 0 aliphatic carbocycles. The summed E-state index contributed by atoms with van der Waals surface area (Å²) in [6, 6.07) is 3.24. The van der Waals surface area contributed by atoms with Crippen molar-refractivity contribution in [3.63, 3.8) is 0 Å². The summed E-state index contributed by atoms with van der Waals surface area (Å²) in [5.41, 5.74) is -6.49. The minimum absolute atomic E-state index is 0.219. The molecule has 8 heteroatoms. The lowest BCUT2D eigenvalue weighted by molar-refractivity contribution is -0.269. The molecule has 0 amide bonds. The molecular weight excluding hydrogens is 326 g/mol. The highest BCUT2D eigenvalue weighted by Gasteiger charge is 2.56. The second-order valence-electron chi connectivity index (χ2n) is 5.70. The summed E-state index contributed by atoms with van der Waals surface area (Å²) in [6.07, 6.45) is -9.65. The van der Waals surface area contributed by atoms with Crippen molar-refractivity contribution in [2.24, 2.45) is 0 Å². The molecule has 2 nitrogen and oxygen atoms in total. The smallest absolute Gasteiger partial charge is 0.395 e. The van der Waals surface area contributed by atoms with Crippen LogP contribution in [0.25, 0.3) is 0 Å². The summed E-state index contributed by atoms with van der Waals surface area (Å²) in [6.45, 7) is 1.38. The van der Waals surface area contributed by atoms with Crippen molar-refractivity contribution in [3.8, 4) is 0 Å². The Hall–Kier alpha value is -1.28.